The number of hydrogen-bond acceptors (Lipinski definition) is 3. The van der Waals surface area contributed by atoms with Crippen molar-refractivity contribution in [2.75, 3.05) is 6.54 Å². The molecule has 0 bridgehead atoms. The van der Waals surface area contributed by atoms with Gasteiger partial charge in [0.05, 0.1) is 5.02 Å². The molecular formula is C13H20Cl2N2O2. The van der Waals surface area contributed by atoms with Gasteiger partial charge in [0.1, 0.15) is 5.75 Å². The first-order valence-electron chi connectivity index (χ1n) is 6.00. The Balaban J connectivity index is 0.00000324. The standard InChI is InChI=1S/C13H19ClN2O2.ClH/c1-3-11(13(17)16-9(2)8-15)18-12-7-5-4-6-10(12)14;/h4-7,9,11H,3,8,15H2,1-2H3,(H,16,17);1H/t9-,11?;/m0./s1. The van der Waals surface area contributed by atoms with Gasteiger partial charge in [-0.25, -0.2) is 0 Å². The molecule has 0 heterocycles. The fourth-order valence-electron chi connectivity index (χ4n) is 1.41. The zero-order valence-corrected chi connectivity index (χ0v) is 12.6. The predicted molar refractivity (Wildman–Crippen MR) is 80.1 cm³/mol. The number of ether oxygens (including phenoxy) is 1. The molecule has 1 aromatic carbocycles. The first-order chi connectivity index (χ1) is 8.58. The van der Waals surface area contributed by atoms with E-state index in [0.717, 1.165) is 0 Å². The molecule has 1 amide bonds. The molecule has 4 nitrogen and oxygen atoms in total. The predicted octanol–water partition coefficient (Wildman–Crippen LogP) is 2.38. The molecule has 0 aromatic heterocycles. The molecule has 2 atom stereocenters. The van der Waals surface area contributed by atoms with Crippen LogP contribution in [0.2, 0.25) is 5.02 Å². The molecule has 0 saturated heterocycles. The molecule has 19 heavy (non-hydrogen) atoms. The lowest BCUT2D eigenvalue weighted by molar-refractivity contribution is -0.128. The van der Waals surface area contributed by atoms with Crippen molar-refractivity contribution in [3.05, 3.63) is 29.3 Å². The average molecular weight is 307 g/mol. The van der Waals surface area contributed by atoms with E-state index in [4.69, 9.17) is 22.1 Å². The van der Waals surface area contributed by atoms with Gasteiger partial charge in [0.25, 0.3) is 5.91 Å². The minimum Gasteiger partial charge on any atom is -0.479 e. The van der Waals surface area contributed by atoms with Crippen LogP contribution in [0.4, 0.5) is 0 Å². The maximum Gasteiger partial charge on any atom is 0.261 e. The van der Waals surface area contributed by atoms with Crippen molar-refractivity contribution in [3.8, 4) is 5.75 Å². The Labute approximate surface area is 125 Å². The van der Waals surface area contributed by atoms with E-state index in [9.17, 15) is 4.79 Å². The summed E-state index contributed by atoms with van der Waals surface area (Å²) in [7, 11) is 0. The third kappa shape index (κ3) is 5.68. The van der Waals surface area contributed by atoms with Crippen molar-refractivity contribution in [3.63, 3.8) is 0 Å². The van der Waals surface area contributed by atoms with Crippen LogP contribution in [-0.4, -0.2) is 24.6 Å². The fourth-order valence-corrected chi connectivity index (χ4v) is 1.59. The molecule has 0 saturated carbocycles. The van der Waals surface area contributed by atoms with Gasteiger partial charge in [-0.2, -0.15) is 0 Å². The van der Waals surface area contributed by atoms with Crippen molar-refractivity contribution in [2.45, 2.75) is 32.4 Å². The molecule has 0 aliphatic rings. The van der Waals surface area contributed by atoms with E-state index in [0.29, 0.717) is 23.7 Å². The third-order valence-electron chi connectivity index (χ3n) is 2.51. The number of hydrogen-bond donors (Lipinski definition) is 2. The molecule has 1 aromatic rings. The maximum atomic E-state index is 11.9. The number of rotatable bonds is 6. The number of para-hydroxylation sites is 1. The summed E-state index contributed by atoms with van der Waals surface area (Å²) in [5, 5.41) is 3.28. The highest BCUT2D eigenvalue weighted by molar-refractivity contribution is 6.32. The number of carbonyl (C=O) groups excluding carboxylic acids is 1. The monoisotopic (exact) mass is 306 g/mol. The van der Waals surface area contributed by atoms with E-state index >= 15 is 0 Å². The number of nitrogens with one attached hydrogen (secondary N) is 1. The lowest BCUT2D eigenvalue weighted by atomic mass is 10.2. The minimum atomic E-state index is -0.557. The quantitative estimate of drug-likeness (QED) is 0.848. The van der Waals surface area contributed by atoms with Gasteiger partial charge in [0.2, 0.25) is 0 Å². The van der Waals surface area contributed by atoms with Crippen LogP contribution in [-0.2, 0) is 4.79 Å². The Kier molecular flexibility index (Phi) is 8.56. The molecule has 0 spiro atoms. The summed E-state index contributed by atoms with van der Waals surface area (Å²) in [6.07, 6.45) is 0.00726. The van der Waals surface area contributed by atoms with Crippen molar-refractivity contribution in [2.24, 2.45) is 5.73 Å². The summed E-state index contributed by atoms with van der Waals surface area (Å²) in [6.45, 7) is 4.13. The van der Waals surface area contributed by atoms with E-state index in [-0.39, 0.29) is 24.4 Å². The van der Waals surface area contributed by atoms with Crippen molar-refractivity contribution in [1.82, 2.24) is 5.32 Å². The third-order valence-corrected chi connectivity index (χ3v) is 2.82. The van der Waals surface area contributed by atoms with Gasteiger partial charge in [-0.3, -0.25) is 4.79 Å². The number of nitrogens with two attached hydrogens (primary N) is 1. The van der Waals surface area contributed by atoms with Crippen LogP contribution in [0.3, 0.4) is 0 Å². The Morgan fingerprint density at radius 3 is 2.63 bits per heavy atom. The molecular weight excluding hydrogens is 287 g/mol. The van der Waals surface area contributed by atoms with Crippen LogP contribution in [0.1, 0.15) is 20.3 Å². The normalized spacial score (nSPS) is 13.1. The molecule has 0 fully saturated rings. The summed E-state index contributed by atoms with van der Waals surface area (Å²) in [5.41, 5.74) is 5.46. The molecule has 0 radical (unpaired) electrons. The van der Waals surface area contributed by atoms with Gasteiger partial charge in [-0.05, 0) is 25.5 Å². The van der Waals surface area contributed by atoms with Gasteiger partial charge in [-0.1, -0.05) is 30.7 Å². The highest BCUT2D eigenvalue weighted by Gasteiger charge is 2.20. The zero-order valence-electron chi connectivity index (χ0n) is 11.1. The van der Waals surface area contributed by atoms with Gasteiger partial charge in [-0.15, -0.1) is 12.4 Å². The lowest BCUT2D eigenvalue weighted by Crippen LogP contribution is -2.45. The second kappa shape index (κ2) is 9.02. The fraction of sp³-hybridized carbons (Fsp3) is 0.462. The molecule has 0 aliphatic carbocycles. The largest absolute Gasteiger partial charge is 0.479 e. The molecule has 108 valence electrons. The SMILES string of the molecule is CCC(Oc1ccccc1Cl)C(=O)N[C@@H](C)CN.Cl. The van der Waals surface area contributed by atoms with Gasteiger partial charge in [0, 0.05) is 12.6 Å². The second-order valence-corrected chi connectivity index (χ2v) is 4.50. The highest BCUT2D eigenvalue weighted by atomic mass is 35.5. The van der Waals surface area contributed by atoms with E-state index in [2.05, 4.69) is 5.32 Å². The van der Waals surface area contributed by atoms with Crippen molar-refractivity contribution in [1.29, 1.82) is 0 Å². The van der Waals surface area contributed by atoms with Crippen LogP contribution < -0.4 is 15.8 Å². The zero-order chi connectivity index (χ0) is 13.5. The first kappa shape index (κ1) is 18.0. The summed E-state index contributed by atoms with van der Waals surface area (Å²) < 4.78 is 5.62. The second-order valence-electron chi connectivity index (χ2n) is 4.09. The summed E-state index contributed by atoms with van der Waals surface area (Å²) in [5.74, 6) is 0.344. The Morgan fingerprint density at radius 2 is 2.11 bits per heavy atom. The Morgan fingerprint density at radius 1 is 1.47 bits per heavy atom. The number of benzene rings is 1. The molecule has 1 unspecified atom stereocenters. The molecule has 6 heteroatoms. The van der Waals surface area contributed by atoms with Gasteiger partial charge >= 0.3 is 0 Å². The number of carbonyl (C=O) groups is 1. The smallest absolute Gasteiger partial charge is 0.261 e. The van der Waals surface area contributed by atoms with Crippen LogP contribution in [0.15, 0.2) is 24.3 Å². The van der Waals surface area contributed by atoms with E-state index in [1.54, 1.807) is 12.1 Å². The van der Waals surface area contributed by atoms with E-state index in [1.807, 2.05) is 26.0 Å². The lowest BCUT2D eigenvalue weighted by Gasteiger charge is -2.20. The van der Waals surface area contributed by atoms with E-state index < -0.39 is 6.10 Å². The number of halogens is 2. The van der Waals surface area contributed by atoms with E-state index in [1.165, 1.54) is 0 Å². The maximum absolute atomic E-state index is 11.9. The highest BCUT2D eigenvalue weighted by Crippen LogP contribution is 2.24. The van der Waals surface area contributed by atoms with Crippen molar-refractivity contribution < 1.29 is 9.53 Å². The summed E-state index contributed by atoms with van der Waals surface area (Å²) >= 11 is 5.99. The first-order valence-corrected chi connectivity index (χ1v) is 6.37. The summed E-state index contributed by atoms with van der Waals surface area (Å²) in [4.78, 5) is 11.9. The van der Waals surface area contributed by atoms with Crippen molar-refractivity contribution >= 4 is 29.9 Å². The molecule has 1 rings (SSSR count). The number of amides is 1. The minimum absolute atomic E-state index is 0. The van der Waals surface area contributed by atoms with Crippen LogP contribution >= 0.6 is 24.0 Å². The van der Waals surface area contributed by atoms with Crippen LogP contribution in [0.5, 0.6) is 5.75 Å². The Hall–Kier alpha value is -0.970. The average Bonchev–Trinajstić information content (AvgIpc) is 2.37. The topological polar surface area (TPSA) is 64.3 Å². The van der Waals surface area contributed by atoms with Crippen LogP contribution in [0.25, 0.3) is 0 Å². The summed E-state index contributed by atoms with van der Waals surface area (Å²) in [6, 6.07) is 7.02. The molecule has 3 N–H and O–H groups in total. The van der Waals surface area contributed by atoms with Gasteiger partial charge in [0.15, 0.2) is 6.10 Å². The Bertz CT molecular complexity index is 402. The van der Waals surface area contributed by atoms with Gasteiger partial charge < -0.3 is 15.8 Å². The molecule has 0 aliphatic heterocycles. The van der Waals surface area contributed by atoms with Crippen LogP contribution in [0, 0.1) is 0 Å².